The zero-order valence-electron chi connectivity index (χ0n) is 12.0. The molecule has 0 amide bonds. The number of nitrogens with zero attached hydrogens (tertiary/aromatic N) is 2. The molecule has 0 saturated carbocycles. The fraction of sp³-hybridized carbons (Fsp3) is 0.600. The van der Waals surface area contributed by atoms with Gasteiger partial charge in [-0.05, 0) is 57.7 Å². The molecule has 5 heteroatoms. The number of aliphatic hydroxyl groups excluding tert-OH is 1. The van der Waals surface area contributed by atoms with E-state index in [1.54, 1.807) is 12.1 Å². The largest absolute Gasteiger partial charge is 0.391 e. The molecule has 1 saturated heterocycles. The Morgan fingerprint density at radius 2 is 2.15 bits per heavy atom. The Kier molecular flexibility index (Phi) is 5.38. The van der Waals surface area contributed by atoms with E-state index in [0.717, 1.165) is 31.6 Å². The lowest BCUT2D eigenvalue weighted by atomic mass is 10.0. The Morgan fingerprint density at radius 3 is 2.85 bits per heavy atom. The first-order valence-corrected chi connectivity index (χ1v) is 7.36. The Bertz CT molecular complexity index is 457. The highest BCUT2D eigenvalue weighted by molar-refractivity contribution is 6.30. The Hall–Kier alpha value is -0.680. The average Bonchev–Trinajstić information content (AvgIpc) is 2.56. The maximum Gasteiger partial charge on any atom is 0.141 e. The molecule has 0 aromatic heterocycles. The summed E-state index contributed by atoms with van der Waals surface area (Å²) < 4.78 is 13.1. The lowest BCUT2D eigenvalue weighted by Crippen LogP contribution is -2.47. The third-order valence-electron chi connectivity index (χ3n) is 3.99. The molecule has 1 aliphatic heterocycles. The molecule has 2 unspecified atom stereocenters. The van der Waals surface area contributed by atoms with Gasteiger partial charge < -0.3 is 10.0 Å². The minimum absolute atomic E-state index is 0.0892. The first-order valence-electron chi connectivity index (χ1n) is 6.98. The van der Waals surface area contributed by atoms with Crippen molar-refractivity contribution in [3.05, 3.63) is 34.6 Å². The highest BCUT2D eigenvalue weighted by atomic mass is 35.5. The fourth-order valence-corrected chi connectivity index (χ4v) is 2.97. The van der Waals surface area contributed by atoms with E-state index in [4.69, 9.17) is 11.6 Å². The highest BCUT2D eigenvalue weighted by Gasteiger charge is 2.27. The molecule has 1 aromatic carbocycles. The van der Waals surface area contributed by atoms with Crippen LogP contribution >= 0.6 is 11.6 Å². The number of aliphatic hydroxyl groups is 1. The van der Waals surface area contributed by atoms with E-state index >= 15 is 0 Å². The van der Waals surface area contributed by atoms with Crippen molar-refractivity contribution in [3.8, 4) is 0 Å². The first kappa shape index (κ1) is 15.7. The number of likely N-dealkylation sites (N-methyl/N-ethyl adjacent to an activating group) is 2. The van der Waals surface area contributed by atoms with Gasteiger partial charge in [0.15, 0.2) is 0 Å². The molecule has 1 aromatic rings. The van der Waals surface area contributed by atoms with Crippen LogP contribution < -0.4 is 0 Å². The standard InChI is InChI=1S/C15H22ClFN2O/c1-18-6-3-7-19(2)14(10-18)15(20)9-11-4-5-13(17)12(16)8-11/h4-5,8,14-15,20H,3,6-7,9-10H2,1-2H3. The Labute approximate surface area is 124 Å². The van der Waals surface area contributed by atoms with Crippen LogP contribution in [0.25, 0.3) is 0 Å². The van der Waals surface area contributed by atoms with Crippen LogP contribution in [0.2, 0.25) is 5.02 Å². The van der Waals surface area contributed by atoms with Crippen molar-refractivity contribution in [1.29, 1.82) is 0 Å². The topological polar surface area (TPSA) is 26.7 Å². The lowest BCUT2D eigenvalue weighted by Gasteiger charge is -2.31. The SMILES string of the molecule is CN1CCCN(C)C(C(O)Cc2ccc(F)c(Cl)c2)C1. The number of halogens is 2. The molecule has 2 rings (SSSR count). The number of rotatable bonds is 3. The normalized spacial score (nSPS) is 23.6. The van der Waals surface area contributed by atoms with E-state index in [2.05, 4.69) is 16.8 Å². The van der Waals surface area contributed by atoms with Gasteiger partial charge in [-0.1, -0.05) is 17.7 Å². The van der Waals surface area contributed by atoms with Gasteiger partial charge >= 0.3 is 0 Å². The van der Waals surface area contributed by atoms with Crippen LogP contribution in [0.3, 0.4) is 0 Å². The summed E-state index contributed by atoms with van der Waals surface area (Å²) in [6, 6.07) is 4.73. The molecule has 1 N–H and O–H groups in total. The molecular weight excluding hydrogens is 279 g/mol. The van der Waals surface area contributed by atoms with Gasteiger partial charge in [-0.3, -0.25) is 4.90 Å². The van der Waals surface area contributed by atoms with Gasteiger partial charge in [0.1, 0.15) is 5.82 Å². The van der Waals surface area contributed by atoms with Gasteiger partial charge in [0.05, 0.1) is 11.1 Å². The monoisotopic (exact) mass is 300 g/mol. The number of benzene rings is 1. The van der Waals surface area contributed by atoms with Crippen molar-refractivity contribution >= 4 is 11.6 Å². The van der Waals surface area contributed by atoms with Crippen molar-refractivity contribution in [2.75, 3.05) is 33.7 Å². The summed E-state index contributed by atoms with van der Waals surface area (Å²) in [5.41, 5.74) is 0.865. The molecule has 0 radical (unpaired) electrons. The van der Waals surface area contributed by atoms with Crippen molar-refractivity contribution in [1.82, 2.24) is 9.80 Å². The molecule has 1 aliphatic rings. The molecule has 3 nitrogen and oxygen atoms in total. The second-order valence-electron chi connectivity index (χ2n) is 5.68. The average molecular weight is 301 g/mol. The second-order valence-corrected chi connectivity index (χ2v) is 6.09. The highest BCUT2D eigenvalue weighted by Crippen LogP contribution is 2.19. The zero-order chi connectivity index (χ0) is 14.7. The van der Waals surface area contributed by atoms with E-state index in [0.29, 0.717) is 6.42 Å². The predicted molar refractivity (Wildman–Crippen MR) is 79.7 cm³/mol. The second kappa shape index (κ2) is 6.85. The molecular formula is C15H22ClFN2O. The summed E-state index contributed by atoms with van der Waals surface area (Å²) >= 11 is 5.79. The van der Waals surface area contributed by atoms with E-state index < -0.39 is 11.9 Å². The summed E-state index contributed by atoms with van der Waals surface area (Å²) in [6.45, 7) is 2.87. The molecule has 1 heterocycles. The van der Waals surface area contributed by atoms with Crippen molar-refractivity contribution < 1.29 is 9.50 Å². The van der Waals surface area contributed by atoms with Crippen LogP contribution in [0.5, 0.6) is 0 Å². The van der Waals surface area contributed by atoms with Gasteiger partial charge in [0.2, 0.25) is 0 Å². The summed E-state index contributed by atoms with van der Waals surface area (Å²) in [5, 5.41) is 10.6. The van der Waals surface area contributed by atoms with Crippen molar-refractivity contribution in [2.24, 2.45) is 0 Å². The van der Waals surface area contributed by atoms with Gasteiger partial charge in [-0.2, -0.15) is 0 Å². The van der Waals surface area contributed by atoms with E-state index in [-0.39, 0.29) is 11.1 Å². The van der Waals surface area contributed by atoms with Crippen LogP contribution in [0.15, 0.2) is 18.2 Å². The van der Waals surface area contributed by atoms with Crippen LogP contribution in [0.1, 0.15) is 12.0 Å². The number of hydrogen-bond donors (Lipinski definition) is 1. The summed E-state index contributed by atoms with van der Waals surface area (Å²) in [5.74, 6) is -0.420. The van der Waals surface area contributed by atoms with Crippen LogP contribution in [-0.2, 0) is 6.42 Å². The summed E-state index contributed by atoms with van der Waals surface area (Å²) in [6.07, 6.45) is 1.11. The Balaban J connectivity index is 2.05. The minimum Gasteiger partial charge on any atom is -0.391 e. The molecule has 2 atom stereocenters. The van der Waals surface area contributed by atoms with Gasteiger partial charge in [0.25, 0.3) is 0 Å². The molecule has 1 fully saturated rings. The van der Waals surface area contributed by atoms with Gasteiger partial charge in [-0.15, -0.1) is 0 Å². The Morgan fingerprint density at radius 1 is 1.40 bits per heavy atom. The van der Waals surface area contributed by atoms with Crippen LogP contribution in [0.4, 0.5) is 4.39 Å². The summed E-state index contributed by atoms with van der Waals surface area (Å²) in [7, 11) is 4.12. The van der Waals surface area contributed by atoms with Crippen molar-refractivity contribution in [2.45, 2.75) is 25.0 Å². The quantitative estimate of drug-likeness (QED) is 0.925. The van der Waals surface area contributed by atoms with Crippen LogP contribution in [0, 0.1) is 5.82 Å². The first-order chi connectivity index (χ1) is 9.47. The smallest absolute Gasteiger partial charge is 0.141 e. The maximum absolute atomic E-state index is 13.1. The maximum atomic E-state index is 13.1. The molecule has 0 aliphatic carbocycles. The van der Waals surface area contributed by atoms with E-state index in [1.165, 1.54) is 6.07 Å². The van der Waals surface area contributed by atoms with Gasteiger partial charge in [0, 0.05) is 12.6 Å². The van der Waals surface area contributed by atoms with E-state index in [9.17, 15) is 9.50 Å². The zero-order valence-corrected chi connectivity index (χ0v) is 12.8. The molecule has 112 valence electrons. The minimum atomic E-state index is -0.484. The van der Waals surface area contributed by atoms with Crippen LogP contribution in [-0.4, -0.2) is 60.8 Å². The molecule has 20 heavy (non-hydrogen) atoms. The predicted octanol–water partition coefficient (Wildman–Crippen LogP) is 2.02. The van der Waals surface area contributed by atoms with Gasteiger partial charge in [-0.25, -0.2) is 4.39 Å². The summed E-state index contributed by atoms with van der Waals surface area (Å²) in [4.78, 5) is 4.45. The molecule has 0 bridgehead atoms. The van der Waals surface area contributed by atoms with E-state index in [1.807, 2.05) is 7.05 Å². The third-order valence-corrected chi connectivity index (χ3v) is 4.28. The fourth-order valence-electron chi connectivity index (χ4n) is 2.77. The van der Waals surface area contributed by atoms with Crippen molar-refractivity contribution in [3.63, 3.8) is 0 Å². The number of hydrogen-bond acceptors (Lipinski definition) is 3. The third kappa shape index (κ3) is 3.92. The molecule has 0 spiro atoms. The lowest BCUT2D eigenvalue weighted by molar-refractivity contribution is 0.0581.